The van der Waals surface area contributed by atoms with Crippen LogP contribution < -0.4 is 11.1 Å². The van der Waals surface area contributed by atoms with Gasteiger partial charge in [0.15, 0.2) is 0 Å². The zero-order valence-corrected chi connectivity index (χ0v) is 10.9. The smallest absolute Gasteiger partial charge is 0.236 e. The number of hydrogen-bond acceptors (Lipinski definition) is 3. The molecule has 0 radical (unpaired) electrons. The van der Waals surface area contributed by atoms with E-state index in [4.69, 9.17) is 5.73 Å². The molecule has 0 spiro atoms. The van der Waals surface area contributed by atoms with Crippen LogP contribution in [0.15, 0.2) is 0 Å². The van der Waals surface area contributed by atoms with Gasteiger partial charge in [-0.2, -0.15) is 0 Å². The summed E-state index contributed by atoms with van der Waals surface area (Å²) in [5.74, 6) is -0.982. The van der Waals surface area contributed by atoms with Crippen LogP contribution in [0.1, 0.15) is 26.7 Å². The molecule has 1 aliphatic rings. The molecular weight excluding hydrogens is 234 g/mol. The Kier molecular flexibility index (Phi) is 5.12. The lowest BCUT2D eigenvalue weighted by atomic mass is 9.96. The molecule has 0 aromatic heterocycles. The molecule has 18 heavy (non-hydrogen) atoms. The van der Waals surface area contributed by atoms with Crippen LogP contribution in [-0.2, 0) is 14.4 Å². The Morgan fingerprint density at radius 2 is 2.06 bits per heavy atom. The van der Waals surface area contributed by atoms with Crippen LogP contribution in [0.25, 0.3) is 0 Å². The number of nitrogens with two attached hydrogens (primary N) is 1. The molecule has 3 amide bonds. The third kappa shape index (κ3) is 4.01. The van der Waals surface area contributed by atoms with Gasteiger partial charge in [0.05, 0.1) is 12.5 Å². The molecular formula is C12H21N3O3. The SMILES string of the molecule is CC(C)C(=O)N1CCCC(C(=O)NCC(N)=O)C1. The van der Waals surface area contributed by atoms with Gasteiger partial charge in [0, 0.05) is 19.0 Å². The van der Waals surface area contributed by atoms with E-state index in [2.05, 4.69) is 5.32 Å². The Balaban J connectivity index is 2.50. The van der Waals surface area contributed by atoms with Crippen molar-refractivity contribution in [3.05, 3.63) is 0 Å². The van der Waals surface area contributed by atoms with E-state index in [1.807, 2.05) is 13.8 Å². The van der Waals surface area contributed by atoms with E-state index in [1.54, 1.807) is 4.90 Å². The fourth-order valence-corrected chi connectivity index (χ4v) is 2.08. The van der Waals surface area contributed by atoms with E-state index in [0.29, 0.717) is 13.1 Å². The first-order valence-electron chi connectivity index (χ1n) is 6.26. The second-order valence-electron chi connectivity index (χ2n) is 4.96. The zero-order valence-electron chi connectivity index (χ0n) is 10.9. The molecule has 1 rings (SSSR count). The molecule has 1 aliphatic heterocycles. The van der Waals surface area contributed by atoms with Crippen LogP contribution in [0.2, 0.25) is 0 Å². The van der Waals surface area contributed by atoms with Gasteiger partial charge in [-0.25, -0.2) is 0 Å². The van der Waals surface area contributed by atoms with Crippen LogP contribution in [-0.4, -0.2) is 42.3 Å². The van der Waals surface area contributed by atoms with Gasteiger partial charge in [0.1, 0.15) is 0 Å². The Labute approximate surface area is 107 Å². The summed E-state index contributed by atoms with van der Waals surface area (Å²) in [6.07, 6.45) is 1.56. The molecule has 6 nitrogen and oxygen atoms in total. The molecule has 0 saturated carbocycles. The van der Waals surface area contributed by atoms with E-state index in [0.717, 1.165) is 12.8 Å². The topological polar surface area (TPSA) is 92.5 Å². The highest BCUT2D eigenvalue weighted by Crippen LogP contribution is 2.18. The number of carbonyl (C=O) groups is 3. The number of amides is 3. The van der Waals surface area contributed by atoms with Gasteiger partial charge in [-0.05, 0) is 12.8 Å². The van der Waals surface area contributed by atoms with Crippen molar-refractivity contribution in [2.24, 2.45) is 17.6 Å². The van der Waals surface area contributed by atoms with Gasteiger partial charge in [-0.1, -0.05) is 13.8 Å². The molecule has 1 heterocycles. The third-order valence-electron chi connectivity index (χ3n) is 3.03. The van der Waals surface area contributed by atoms with Crippen molar-refractivity contribution < 1.29 is 14.4 Å². The molecule has 6 heteroatoms. The minimum absolute atomic E-state index is 0.0579. The van der Waals surface area contributed by atoms with Crippen LogP contribution in [0.4, 0.5) is 0 Å². The van der Waals surface area contributed by atoms with E-state index >= 15 is 0 Å². The monoisotopic (exact) mass is 255 g/mol. The summed E-state index contributed by atoms with van der Waals surface area (Å²) in [7, 11) is 0. The third-order valence-corrected chi connectivity index (χ3v) is 3.03. The molecule has 0 aromatic rings. The molecule has 0 aromatic carbocycles. The number of nitrogens with one attached hydrogen (secondary N) is 1. The van der Waals surface area contributed by atoms with Crippen molar-refractivity contribution in [1.82, 2.24) is 10.2 Å². The van der Waals surface area contributed by atoms with Gasteiger partial charge in [-0.15, -0.1) is 0 Å². The largest absolute Gasteiger partial charge is 0.368 e. The highest BCUT2D eigenvalue weighted by Gasteiger charge is 2.29. The predicted molar refractivity (Wildman–Crippen MR) is 66.3 cm³/mol. The lowest BCUT2D eigenvalue weighted by molar-refractivity contribution is -0.138. The maximum Gasteiger partial charge on any atom is 0.236 e. The van der Waals surface area contributed by atoms with Crippen molar-refractivity contribution in [3.63, 3.8) is 0 Å². The molecule has 1 saturated heterocycles. The highest BCUT2D eigenvalue weighted by atomic mass is 16.2. The molecule has 1 fully saturated rings. The number of hydrogen-bond donors (Lipinski definition) is 2. The first kappa shape index (κ1) is 14.5. The predicted octanol–water partition coefficient (Wildman–Crippen LogP) is -0.517. The normalized spacial score (nSPS) is 19.7. The summed E-state index contributed by atoms with van der Waals surface area (Å²) in [6, 6.07) is 0. The first-order chi connectivity index (χ1) is 8.41. The fourth-order valence-electron chi connectivity index (χ4n) is 2.08. The van der Waals surface area contributed by atoms with Gasteiger partial charge in [-0.3, -0.25) is 14.4 Å². The lowest BCUT2D eigenvalue weighted by Crippen LogP contribution is -2.47. The Bertz CT molecular complexity index is 341. The molecule has 1 atom stereocenters. The van der Waals surface area contributed by atoms with Crippen LogP contribution in [0, 0.1) is 11.8 Å². The Morgan fingerprint density at radius 1 is 1.39 bits per heavy atom. The zero-order chi connectivity index (χ0) is 13.7. The molecule has 0 aliphatic carbocycles. The summed E-state index contributed by atoms with van der Waals surface area (Å²) in [5.41, 5.74) is 4.97. The Morgan fingerprint density at radius 3 is 2.61 bits per heavy atom. The van der Waals surface area contributed by atoms with E-state index in [-0.39, 0.29) is 30.2 Å². The summed E-state index contributed by atoms with van der Waals surface area (Å²) in [6.45, 7) is 4.68. The average Bonchev–Trinajstić information content (AvgIpc) is 2.34. The number of likely N-dealkylation sites (tertiary alicyclic amines) is 1. The molecule has 1 unspecified atom stereocenters. The average molecular weight is 255 g/mol. The summed E-state index contributed by atoms with van der Waals surface area (Å²) >= 11 is 0. The van der Waals surface area contributed by atoms with Crippen LogP contribution >= 0.6 is 0 Å². The maximum atomic E-state index is 11.9. The quantitative estimate of drug-likeness (QED) is 0.708. The summed E-state index contributed by atoms with van der Waals surface area (Å²) < 4.78 is 0. The van der Waals surface area contributed by atoms with Crippen molar-refractivity contribution in [2.75, 3.05) is 19.6 Å². The first-order valence-corrected chi connectivity index (χ1v) is 6.26. The second kappa shape index (κ2) is 6.37. The molecule has 3 N–H and O–H groups in total. The fraction of sp³-hybridized carbons (Fsp3) is 0.750. The maximum absolute atomic E-state index is 11.9. The van der Waals surface area contributed by atoms with E-state index in [9.17, 15) is 14.4 Å². The minimum atomic E-state index is -0.561. The van der Waals surface area contributed by atoms with Crippen molar-refractivity contribution >= 4 is 17.7 Å². The van der Waals surface area contributed by atoms with Gasteiger partial charge < -0.3 is 16.0 Å². The Hall–Kier alpha value is -1.59. The van der Waals surface area contributed by atoms with Gasteiger partial charge >= 0.3 is 0 Å². The number of piperidine rings is 1. The van der Waals surface area contributed by atoms with Crippen LogP contribution in [0.5, 0.6) is 0 Å². The van der Waals surface area contributed by atoms with Gasteiger partial charge in [0.25, 0.3) is 0 Å². The number of nitrogens with zero attached hydrogens (tertiary/aromatic N) is 1. The van der Waals surface area contributed by atoms with E-state index in [1.165, 1.54) is 0 Å². The number of carbonyl (C=O) groups excluding carboxylic acids is 3. The summed E-state index contributed by atoms with van der Waals surface area (Å²) in [4.78, 5) is 36.0. The highest BCUT2D eigenvalue weighted by molar-refractivity contribution is 5.86. The lowest BCUT2D eigenvalue weighted by Gasteiger charge is -2.33. The number of rotatable bonds is 4. The van der Waals surface area contributed by atoms with Gasteiger partial charge in [0.2, 0.25) is 17.7 Å². The summed E-state index contributed by atoms with van der Waals surface area (Å²) in [5, 5.41) is 2.49. The van der Waals surface area contributed by atoms with Crippen molar-refractivity contribution in [3.8, 4) is 0 Å². The van der Waals surface area contributed by atoms with E-state index < -0.39 is 5.91 Å². The molecule has 102 valence electrons. The van der Waals surface area contributed by atoms with Crippen molar-refractivity contribution in [1.29, 1.82) is 0 Å². The molecule has 0 bridgehead atoms. The van der Waals surface area contributed by atoms with Crippen LogP contribution in [0.3, 0.4) is 0 Å². The standard InChI is InChI=1S/C12H21N3O3/c1-8(2)12(18)15-5-3-4-9(7-15)11(17)14-6-10(13)16/h8-9H,3-7H2,1-2H3,(H2,13,16)(H,14,17). The second-order valence-corrected chi connectivity index (χ2v) is 4.96. The van der Waals surface area contributed by atoms with Crippen molar-refractivity contribution in [2.45, 2.75) is 26.7 Å². The number of primary amides is 1. The minimum Gasteiger partial charge on any atom is -0.368 e.